The number of hydrogen-bond donors (Lipinski definition) is 2. The first kappa shape index (κ1) is 16.2. The van der Waals surface area contributed by atoms with Crippen molar-refractivity contribution < 1.29 is 9.59 Å². The first-order valence-electron chi connectivity index (χ1n) is 7.75. The summed E-state index contributed by atoms with van der Waals surface area (Å²) in [6.07, 6.45) is 2.81. The maximum atomic E-state index is 12.4. The summed E-state index contributed by atoms with van der Waals surface area (Å²) in [7, 11) is 0. The van der Waals surface area contributed by atoms with Gasteiger partial charge in [0.2, 0.25) is 0 Å². The highest BCUT2D eigenvalue weighted by Gasteiger charge is 2.27. The molecule has 1 heterocycles. The molecule has 5 nitrogen and oxygen atoms in total. The molecule has 1 atom stereocenters. The van der Waals surface area contributed by atoms with Crippen molar-refractivity contribution in [3.05, 3.63) is 51.4 Å². The molecule has 3 rings (SSSR count). The monoisotopic (exact) mass is 339 g/mol. The Balaban J connectivity index is 1.90. The number of nitrogens with one attached hydrogen (secondary N) is 1. The second-order valence-electron chi connectivity index (χ2n) is 6.06. The predicted molar refractivity (Wildman–Crippen MR) is 93.1 cm³/mol. The molecule has 2 aromatic rings. The lowest BCUT2D eigenvalue weighted by Crippen LogP contribution is -2.19. The van der Waals surface area contributed by atoms with Crippen LogP contribution in [0.5, 0.6) is 0 Å². The van der Waals surface area contributed by atoms with Crippen LogP contribution in [-0.2, 0) is 12.8 Å². The van der Waals surface area contributed by atoms with Crippen LogP contribution in [0.15, 0.2) is 24.3 Å². The van der Waals surface area contributed by atoms with Crippen LogP contribution in [0.25, 0.3) is 0 Å². The van der Waals surface area contributed by atoms with Crippen LogP contribution in [0.4, 0.5) is 5.00 Å². The van der Waals surface area contributed by atoms with E-state index in [1.54, 1.807) is 24.3 Å². The van der Waals surface area contributed by atoms with Gasteiger partial charge in [-0.1, -0.05) is 6.92 Å². The summed E-state index contributed by atoms with van der Waals surface area (Å²) < 4.78 is 0. The largest absolute Gasteiger partial charge is 0.365 e. The molecule has 122 valence electrons. The molecular weight excluding hydrogens is 322 g/mol. The van der Waals surface area contributed by atoms with Gasteiger partial charge in [0, 0.05) is 10.4 Å². The molecule has 0 radical (unpaired) electrons. The number of nitrogens with two attached hydrogens (primary N) is 1. The summed E-state index contributed by atoms with van der Waals surface area (Å²) in [5.74, 6) is -0.308. The second kappa shape index (κ2) is 6.46. The Kier molecular flexibility index (Phi) is 4.36. The van der Waals surface area contributed by atoms with Crippen LogP contribution in [0.1, 0.15) is 50.1 Å². The number of benzene rings is 1. The number of hydrogen-bond acceptors (Lipinski definition) is 4. The Morgan fingerprint density at radius 3 is 2.67 bits per heavy atom. The van der Waals surface area contributed by atoms with E-state index in [1.807, 2.05) is 6.07 Å². The molecule has 1 aliphatic carbocycles. The highest BCUT2D eigenvalue weighted by molar-refractivity contribution is 7.17. The van der Waals surface area contributed by atoms with Crippen molar-refractivity contribution in [3.8, 4) is 6.07 Å². The van der Waals surface area contributed by atoms with Gasteiger partial charge in [0.05, 0.1) is 17.2 Å². The fraction of sp³-hybridized carbons (Fsp3) is 0.278. The van der Waals surface area contributed by atoms with Crippen molar-refractivity contribution in [2.45, 2.75) is 26.2 Å². The number of rotatable bonds is 3. The molecule has 3 N–H and O–H groups in total. The van der Waals surface area contributed by atoms with Gasteiger partial charge >= 0.3 is 0 Å². The number of carbonyl (C=O) groups excluding carboxylic acids is 2. The number of aryl methyl sites for hydroxylation is 1. The van der Waals surface area contributed by atoms with Crippen molar-refractivity contribution >= 4 is 28.2 Å². The standard InChI is InChI=1S/C18H17N3O2S/c1-10-2-7-14-13(8-10)15(16(20)22)18(24-14)21-17(23)12-5-3-11(9-19)4-6-12/h3-6,10H,2,7-8H2,1H3,(H2,20,22)(H,21,23)/t10-/m0/s1. The van der Waals surface area contributed by atoms with Crippen LogP contribution >= 0.6 is 11.3 Å². The first-order valence-corrected chi connectivity index (χ1v) is 8.57. The van der Waals surface area contributed by atoms with Crippen molar-refractivity contribution in [1.29, 1.82) is 5.26 Å². The summed E-state index contributed by atoms with van der Waals surface area (Å²) in [6.45, 7) is 2.15. The third-order valence-corrected chi connectivity index (χ3v) is 5.46. The van der Waals surface area contributed by atoms with E-state index in [1.165, 1.54) is 11.3 Å². The maximum absolute atomic E-state index is 12.4. The zero-order valence-corrected chi connectivity index (χ0v) is 14.1. The molecule has 0 saturated carbocycles. The number of fused-ring (bicyclic) bond motifs is 1. The second-order valence-corrected chi connectivity index (χ2v) is 7.17. The van der Waals surface area contributed by atoms with Crippen LogP contribution < -0.4 is 11.1 Å². The van der Waals surface area contributed by atoms with Gasteiger partial charge in [0.15, 0.2) is 0 Å². The molecule has 1 aromatic carbocycles. The van der Waals surface area contributed by atoms with E-state index >= 15 is 0 Å². The Labute approximate surface area is 144 Å². The topological polar surface area (TPSA) is 96.0 Å². The zero-order chi connectivity index (χ0) is 17.3. The van der Waals surface area contributed by atoms with E-state index in [9.17, 15) is 9.59 Å². The Hall–Kier alpha value is -2.65. The lowest BCUT2D eigenvalue weighted by Gasteiger charge is -2.18. The normalized spacial score (nSPS) is 16.1. The molecule has 0 saturated heterocycles. The number of nitriles is 1. The zero-order valence-electron chi connectivity index (χ0n) is 13.3. The first-order chi connectivity index (χ1) is 11.5. The van der Waals surface area contributed by atoms with Crippen LogP contribution in [-0.4, -0.2) is 11.8 Å². The fourth-order valence-corrected chi connectivity index (χ4v) is 4.22. The van der Waals surface area contributed by atoms with Crippen molar-refractivity contribution in [2.75, 3.05) is 5.32 Å². The highest BCUT2D eigenvalue weighted by Crippen LogP contribution is 2.39. The molecular formula is C18H17N3O2S. The van der Waals surface area contributed by atoms with Gasteiger partial charge < -0.3 is 11.1 Å². The van der Waals surface area contributed by atoms with E-state index in [0.717, 1.165) is 29.7 Å². The van der Waals surface area contributed by atoms with Crippen LogP contribution in [0, 0.1) is 17.2 Å². The molecule has 6 heteroatoms. The number of primary amides is 1. The molecule has 24 heavy (non-hydrogen) atoms. The quantitative estimate of drug-likeness (QED) is 0.899. The van der Waals surface area contributed by atoms with Gasteiger partial charge in [-0.2, -0.15) is 5.26 Å². The third kappa shape index (κ3) is 3.03. The van der Waals surface area contributed by atoms with Gasteiger partial charge in [0.25, 0.3) is 11.8 Å². The van der Waals surface area contributed by atoms with Crippen molar-refractivity contribution in [3.63, 3.8) is 0 Å². The summed E-state index contributed by atoms with van der Waals surface area (Å²) in [4.78, 5) is 25.5. The molecule has 1 aromatic heterocycles. The number of nitrogens with zero attached hydrogens (tertiary/aromatic N) is 1. The van der Waals surface area contributed by atoms with E-state index in [0.29, 0.717) is 27.6 Å². The lowest BCUT2D eigenvalue weighted by molar-refractivity contribution is 0.1000. The Morgan fingerprint density at radius 1 is 1.33 bits per heavy atom. The van der Waals surface area contributed by atoms with E-state index in [4.69, 9.17) is 11.0 Å². The van der Waals surface area contributed by atoms with Gasteiger partial charge in [-0.3, -0.25) is 9.59 Å². The summed E-state index contributed by atoms with van der Waals surface area (Å²) in [5.41, 5.74) is 7.92. The molecule has 0 unspecified atom stereocenters. The molecule has 2 amide bonds. The van der Waals surface area contributed by atoms with Gasteiger partial charge in [0.1, 0.15) is 5.00 Å². The van der Waals surface area contributed by atoms with Crippen molar-refractivity contribution in [1.82, 2.24) is 0 Å². The summed E-state index contributed by atoms with van der Waals surface area (Å²) >= 11 is 1.44. The highest BCUT2D eigenvalue weighted by atomic mass is 32.1. The van der Waals surface area contributed by atoms with Crippen molar-refractivity contribution in [2.24, 2.45) is 11.7 Å². The minimum atomic E-state index is -0.503. The average Bonchev–Trinajstić information content (AvgIpc) is 2.92. The molecule has 0 bridgehead atoms. The van der Waals surface area contributed by atoms with E-state index in [-0.39, 0.29) is 5.91 Å². The minimum Gasteiger partial charge on any atom is -0.365 e. The number of amides is 2. The average molecular weight is 339 g/mol. The molecule has 0 spiro atoms. The fourth-order valence-electron chi connectivity index (χ4n) is 2.98. The Morgan fingerprint density at radius 2 is 2.04 bits per heavy atom. The predicted octanol–water partition coefficient (Wildman–Crippen LogP) is 3.10. The summed E-state index contributed by atoms with van der Waals surface area (Å²) in [5, 5.41) is 12.2. The maximum Gasteiger partial charge on any atom is 0.256 e. The number of anilines is 1. The van der Waals surface area contributed by atoms with Crippen LogP contribution in [0.2, 0.25) is 0 Å². The van der Waals surface area contributed by atoms with Gasteiger partial charge in [-0.05, 0) is 55.0 Å². The third-order valence-electron chi connectivity index (χ3n) is 4.26. The molecule has 1 aliphatic rings. The molecule has 0 aliphatic heterocycles. The number of carbonyl (C=O) groups is 2. The van der Waals surface area contributed by atoms with Gasteiger partial charge in [-0.25, -0.2) is 0 Å². The number of thiophene rings is 1. The molecule has 0 fully saturated rings. The summed E-state index contributed by atoms with van der Waals surface area (Å²) in [6, 6.07) is 8.37. The Bertz CT molecular complexity index is 846. The van der Waals surface area contributed by atoms with Gasteiger partial charge in [-0.15, -0.1) is 11.3 Å². The lowest BCUT2D eigenvalue weighted by atomic mass is 9.87. The van der Waals surface area contributed by atoms with E-state index in [2.05, 4.69) is 12.2 Å². The SMILES string of the molecule is C[C@H]1CCc2sc(NC(=O)c3ccc(C#N)cc3)c(C(N)=O)c2C1. The minimum absolute atomic E-state index is 0.311. The van der Waals surface area contributed by atoms with E-state index < -0.39 is 5.91 Å². The smallest absolute Gasteiger partial charge is 0.256 e. The van der Waals surface area contributed by atoms with Crippen LogP contribution in [0.3, 0.4) is 0 Å².